The first-order valence-electron chi connectivity index (χ1n) is 18.3. The smallest absolute Gasteiger partial charge is 0.263 e. The van der Waals surface area contributed by atoms with Crippen LogP contribution in [0.1, 0.15) is 44.3 Å². The van der Waals surface area contributed by atoms with E-state index in [4.69, 9.17) is 26.0 Å². The quantitative estimate of drug-likeness (QED) is 0.188. The molecule has 48 heavy (non-hydrogen) atoms. The van der Waals surface area contributed by atoms with Crippen LogP contribution in [0.3, 0.4) is 0 Å². The standard InChI is InChI=1S/C41H34N4O3/c1-26-19-38(42-23-34(26)27-9-6-5-7-10-27)45-35-16-13-29(41(2,3)4)21-33(35)32-15-14-31(22-36(32)45)48-30-12-8-11-28(20-30)37-24-47-40-39-43(17-18-46-39)25-44(37)40/h5-24H,25H2,1-4H3/i5D,6D,7D,9D,10D. The van der Waals surface area contributed by atoms with E-state index in [-0.39, 0.29) is 35.1 Å². The lowest BCUT2D eigenvalue weighted by Crippen LogP contribution is -2.20. The molecule has 5 heterocycles. The molecule has 0 amide bonds. The topological polar surface area (TPSA) is 52.0 Å². The molecule has 6 aromatic rings. The van der Waals surface area contributed by atoms with Gasteiger partial charge in [-0.15, -0.1) is 0 Å². The molecule has 0 saturated carbocycles. The van der Waals surface area contributed by atoms with Gasteiger partial charge in [-0.3, -0.25) is 14.4 Å². The first-order chi connectivity index (χ1) is 25.4. The highest BCUT2D eigenvalue weighted by Gasteiger charge is 2.39. The monoisotopic (exact) mass is 635 g/mol. The van der Waals surface area contributed by atoms with Crippen molar-refractivity contribution in [2.75, 3.05) is 6.67 Å². The summed E-state index contributed by atoms with van der Waals surface area (Å²) in [4.78, 5) is 8.90. The largest absolute Gasteiger partial charge is 0.457 e. The molecular formula is C41H34N4O3. The highest BCUT2D eigenvalue weighted by Crippen LogP contribution is 2.42. The van der Waals surface area contributed by atoms with Crippen LogP contribution in [0.15, 0.2) is 134 Å². The van der Waals surface area contributed by atoms with Crippen LogP contribution in [0.5, 0.6) is 11.5 Å². The number of nitrogens with zero attached hydrogens (tertiary/aromatic N) is 4. The molecule has 4 aromatic carbocycles. The number of benzene rings is 4. The lowest BCUT2D eigenvalue weighted by Gasteiger charge is -2.19. The second kappa shape index (κ2) is 10.5. The Hall–Kier alpha value is -5.95. The maximum Gasteiger partial charge on any atom is 0.263 e. The average molecular weight is 636 g/mol. The third-order valence-electron chi connectivity index (χ3n) is 9.04. The predicted molar refractivity (Wildman–Crippen MR) is 189 cm³/mol. The van der Waals surface area contributed by atoms with Crippen molar-refractivity contribution in [3.8, 4) is 28.4 Å². The van der Waals surface area contributed by atoms with Crippen LogP contribution in [0.25, 0.3) is 44.4 Å². The van der Waals surface area contributed by atoms with E-state index >= 15 is 0 Å². The molecule has 0 fully saturated rings. The van der Waals surface area contributed by atoms with E-state index < -0.39 is 6.04 Å². The van der Waals surface area contributed by atoms with Crippen LogP contribution in [0.2, 0.25) is 0 Å². The Balaban J connectivity index is 1.13. The van der Waals surface area contributed by atoms with Gasteiger partial charge >= 0.3 is 0 Å². The summed E-state index contributed by atoms with van der Waals surface area (Å²) in [5.41, 5.74) is 6.16. The highest BCUT2D eigenvalue weighted by molar-refractivity contribution is 6.09. The number of ether oxygens (including phenoxy) is 3. The summed E-state index contributed by atoms with van der Waals surface area (Å²) >= 11 is 0. The highest BCUT2D eigenvalue weighted by atomic mass is 16.5. The molecule has 7 nitrogen and oxygen atoms in total. The van der Waals surface area contributed by atoms with E-state index in [0.717, 1.165) is 38.6 Å². The summed E-state index contributed by atoms with van der Waals surface area (Å²) in [6, 6.07) is 20.6. The Morgan fingerprint density at radius 3 is 2.52 bits per heavy atom. The fourth-order valence-electron chi connectivity index (χ4n) is 6.56. The zero-order valence-electron chi connectivity index (χ0n) is 31.9. The maximum absolute atomic E-state index is 8.54. The van der Waals surface area contributed by atoms with Crippen molar-refractivity contribution in [1.82, 2.24) is 19.4 Å². The number of hydrogen-bond donors (Lipinski definition) is 0. The Morgan fingerprint density at radius 2 is 1.69 bits per heavy atom. The van der Waals surface area contributed by atoms with E-state index in [1.165, 1.54) is 5.56 Å². The van der Waals surface area contributed by atoms with Crippen LogP contribution in [0.4, 0.5) is 0 Å². The van der Waals surface area contributed by atoms with Crippen molar-refractivity contribution in [1.29, 1.82) is 0 Å². The Kier molecular flexibility index (Phi) is 5.13. The van der Waals surface area contributed by atoms with Gasteiger partial charge in [-0.25, -0.2) is 4.98 Å². The van der Waals surface area contributed by atoms with Crippen LogP contribution in [-0.2, 0) is 14.9 Å². The number of pyridine rings is 1. The van der Waals surface area contributed by atoms with Crippen LogP contribution >= 0.6 is 0 Å². The lowest BCUT2D eigenvalue weighted by molar-refractivity contribution is 0.254. The van der Waals surface area contributed by atoms with Gasteiger partial charge in [0.1, 0.15) is 36.5 Å². The molecule has 0 aliphatic carbocycles. The van der Waals surface area contributed by atoms with Gasteiger partial charge in [-0.1, -0.05) is 69.2 Å². The first-order valence-corrected chi connectivity index (χ1v) is 15.8. The normalized spacial score (nSPS) is 16.7. The molecule has 3 aliphatic rings. The van der Waals surface area contributed by atoms with Crippen molar-refractivity contribution in [3.05, 3.63) is 150 Å². The second-order valence-electron chi connectivity index (χ2n) is 13.2. The zero-order valence-corrected chi connectivity index (χ0v) is 26.9. The number of fused-ring (bicyclic) bond motifs is 5. The minimum atomic E-state index is -0.424. The first kappa shape index (κ1) is 23.4. The number of aromatic nitrogens is 2. The molecule has 0 spiro atoms. The Morgan fingerprint density at radius 1 is 0.833 bits per heavy atom. The van der Waals surface area contributed by atoms with Gasteiger partial charge in [-0.2, -0.15) is 0 Å². The third kappa shape index (κ3) is 4.53. The molecule has 0 N–H and O–H groups in total. The van der Waals surface area contributed by atoms with Crippen LogP contribution in [-0.4, -0.2) is 26.0 Å². The van der Waals surface area contributed by atoms with Crippen molar-refractivity contribution in [3.63, 3.8) is 0 Å². The summed E-state index contributed by atoms with van der Waals surface area (Å²) in [5.74, 6) is 3.27. The summed E-state index contributed by atoms with van der Waals surface area (Å²) in [5, 5.41) is 2.10. The number of hydrogen-bond acceptors (Lipinski definition) is 6. The van der Waals surface area contributed by atoms with Gasteiger partial charge in [0.15, 0.2) is 0 Å². The molecule has 236 valence electrons. The van der Waals surface area contributed by atoms with E-state index in [1.54, 1.807) is 18.7 Å². The van der Waals surface area contributed by atoms with Gasteiger partial charge in [0.05, 0.1) is 23.6 Å². The molecule has 0 saturated heterocycles. The molecule has 0 radical (unpaired) electrons. The van der Waals surface area contributed by atoms with E-state index in [9.17, 15) is 0 Å². The molecule has 2 aromatic heterocycles. The molecule has 0 bridgehead atoms. The van der Waals surface area contributed by atoms with Gasteiger partial charge in [0, 0.05) is 40.4 Å². The van der Waals surface area contributed by atoms with E-state index in [0.29, 0.717) is 41.3 Å². The molecule has 0 unspecified atom stereocenters. The van der Waals surface area contributed by atoms with Crippen molar-refractivity contribution in [2.24, 2.45) is 0 Å². The van der Waals surface area contributed by atoms with E-state index in [1.807, 2.05) is 60.5 Å². The van der Waals surface area contributed by atoms with Gasteiger partial charge in [-0.05, 0) is 71.5 Å². The van der Waals surface area contributed by atoms with Gasteiger partial charge in [0.25, 0.3) is 11.8 Å². The molecular weight excluding hydrogens is 596 g/mol. The van der Waals surface area contributed by atoms with Crippen molar-refractivity contribution >= 4 is 27.5 Å². The van der Waals surface area contributed by atoms with Crippen molar-refractivity contribution < 1.29 is 21.1 Å². The maximum atomic E-state index is 8.54. The van der Waals surface area contributed by atoms with Crippen LogP contribution in [0, 0.1) is 6.92 Å². The van der Waals surface area contributed by atoms with E-state index in [2.05, 4.69) is 54.5 Å². The Bertz CT molecular complexity index is 2630. The van der Waals surface area contributed by atoms with Gasteiger partial charge < -0.3 is 14.2 Å². The van der Waals surface area contributed by atoms with Crippen molar-refractivity contribution in [2.45, 2.75) is 33.1 Å². The van der Waals surface area contributed by atoms with Gasteiger partial charge in [0.2, 0.25) is 0 Å². The predicted octanol–water partition coefficient (Wildman–Crippen LogP) is 9.78. The molecule has 0 atom stereocenters. The summed E-state index contributed by atoms with van der Waals surface area (Å²) in [7, 11) is 0. The fraction of sp³-hybridized carbons (Fsp3) is 0.146. The molecule has 9 rings (SSSR count). The third-order valence-corrected chi connectivity index (χ3v) is 9.04. The molecule has 7 heteroatoms. The summed E-state index contributed by atoms with van der Waals surface area (Å²) < 4.78 is 61.6. The fourth-order valence-corrected chi connectivity index (χ4v) is 6.56. The molecule has 3 aliphatic heterocycles. The minimum Gasteiger partial charge on any atom is -0.457 e. The second-order valence-corrected chi connectivity index (χ2v) is 13.2. The number of rotatable bonds is 5. The average Bonchev–Trinajstić information content (AvgIpc) is 3.91. The van der Waals surface area contributed by atoms with Crippen LogP contribution < -0.4 is 4.74 Å². The Labute approximate surface area is 286 Å². The summed E-state index contributed by atoms with van der Waals surface area (Å²) in [6.07, 6.45) is 6.86. The minimum absolute atomic E-state index is 0.0664. The SMILES string of the molecule is [2H]c1c([2H])c([2H])c(-c2cnc(-n3c4ccc(C(C)(C)C)cc4c4ccc(Oc5cccc(C6=COC7=C8OC=CN8CN67)c5)cc43)cc2C)c([2H])c1[2H]. The number of aryl methyl sites for hydroxylation is 1. The lowest BCUT2D eigenvalue weighted by atomic mass is 9.86. The summed E-state index contributed by atoms with van der Waals surface area (Å²) in [6.45, 7) is 9.04. The zero-order chi connectivity index (χ0) is 36.9.